The van der Waals surface area contributed by atoms with Crippen molar-refractivity contribution < 1.29 is 13.2 Å². The highest BCUT2D eigenvalue weighted by molar-refractivity contribution is 14.0. The Morgan fingerprint density at radius 3 is 2.60 bits per heavy atom. The zero-order valence-electron chi connectivity index (χ0n) is 17.8. The molecule has 0 aliphatic carbocycles. The van der Waals surface area contributed by atoms with Crippen molar-refractivity contribution in [2.24, 2.45) is 4.99 Å². The molecule has 0 bridgehead atoms. The molecule has 3 rings (SSSR count). The Morgan fingerprint density at radius 1 is 1.30 bits per heavy atom. The molecule has 2 N–H and O–H groups in total. The number of anilines is 1. The maximum absolute atomic E-state index is 14.1. The van der Waals surface area contributed by atoms with E-state index in [2.05, 4.69) is 41.4 Å². The van der Waals surface area contributed by atoms with Crippen LogP contribution in [0.2, 0.25) is 0 Å². The van der Waals surface area contributed by atoms with Crippen LogP contribution in [0.15, 0.2) is 33.8 Å². The number of nitrogens with zero attached hydrogens (tertiary/aromatic N) is 3. The fraction of sp³-hybridized carbons (Fsp3) is 0.524. The average Bonchev–Trinajstić information content (AvgIpc) is 3.29. The van der Waals surface area contributed by atoms with Crippen LogP contribution < -0.4 is 15.5 Å². The predicted octanol–water partition coefficient (Wildman–Crippen LogP) is 4.20. The van der Waals surface area contributed by atoms with Gasteiger partial charge in [-0.25, -0.2) is 18.8 Å². The monoisotopic (exact) mass is 533 g/mol. The summed E-state index contributed by atoms with van der Waals surface area (Å²) in [5, 5.41) is 6.54. The van der Waals surface area contributed by atoms with E-state index in [1.807, 2.05) is 6.92 Å². The number of aromatic nitrogens is 1. The minimum Gasteiger partial charge on any atom is -0.443 e. The molecular formula is C21H30F2IN5O. The van der Waals surface area contributed by atoms with E-state index in [1.54, 1.807) is 11.1 Å². The number of benzene rings is 1. The lowest BCUT2D eigenvalue weighted by Crippen LogP contribution is -2.44. The lowest BCUT2D eigenvalue weighted by molar-refractivity contribution is 0.383. The molecule has 0 radical (unpaired) electrons. The van der Waals surface area contributed by atoms with E-state index in [1.165, 1.54) is 18.2 Å². The first-order valence-corrected chi connectivity index (χ1v) is 9.97. The van der Waals surface area contributed by atoms with E-state index in [0.29, 0.717) is 38.0 Å². The van der Waals surface area contributed by atoms with Gasteiger partial charge in [0.05, 0.1) is 6.20 Å². The van der Waals surface area contributed by atoms with Crippen LogP contribution in [-0.2, 0) is 12.0 Å². The molecule has 1 aliphatic rings. The Morgan fingerprint density at radius 2 is 2.00 bits per heavy atom. The molecule has 1 fully saturated rings. The zero-order chi connectivity index (χ0) is 21.0. The number of nitrogens with one attached hydrogen (secondary N) is 2. The molecule has 0 spiro atoms. The van der Waals surface area contributed by atoms with Gasteiger partial charge in [0, 0.05) is 31.1 Å². The maximum Gasteiger partial charge on any atom is 0.216 e. The van der Waals surface area contributed by atoms with Crippen LogP contribution in [0.25, 0.3) is 0 Å². The Kier molecular flexibility index (Phi) is 8.45. The van der Waals surface area contributed by atoms with Crippen LogP contribution >= 0.6 is 24.0 Å². The number of para-hydroxylation sites is 1. The number of oxazole rings is 1. The van der Waals surface area contributed by atoms with Gasteiger partial charge in [-0.2, -0.15) is 0 Å². The van der Waals surface area contributed by atoms with Crippen molar-refractivity contribution in [3.05, 3.63) is 47.7 Å². The summed E-state index contributed by atoms with van der Waals surface area (Å²) in [6.45, 7) is 10.3. The molecule has 2 heterocycles. The van der Waals surface area contributed by atoms with E-state index < -0.39 is 11.6 Å². The number of rotatable bonds is 5. The fourth-order valence-electron chi connectivity index (χ4n) is 3.26. The summed E-state index contributed by atoms with van der Waals surface area (Å²) in [6.07, 6.45) is 2.49. The van der Waals surface area contributed by atoms with Gasteiger partial charge in [-0.05, 0) is 25.5 Å². The lowest BCUT2D eigenvalue weighted by Gasteiger charge is -2.21. The van der Waals surface area contributed by atoms with Gasteiger partial charge < -0.3 is 20.0 Å². The molecule has 0 amide bonds. The Labute approximate surface area is 193 Å². The number of aliphatic imine (C=N–C) groups is 1. The van der Waals surface area contributed by atoms with Gasteiger partial charge in [-0.3, -0.25) is 0 Å². The summed E-state index contributed by atoms with van der Waals surface area (Å²) >= 11 is 0. The first-order valence-electron chi connectivity index (χ1n) is 9.97. The Hall–Kier alpha value is -1.91. The fourth-order valence-corrected chi connectivity index (χ4v) is 3.26. The number of guanidine groups is 1. The lowest BCUT2D eigenvalue weighted by atomic mass is 9.94. The molecule has 166 valence electrons. The smallest absolute Gasteiger partial charge is 0.216 e. The Balaban J connectivity index is 0.00000320. The van der Waals surface area contributed by atoms with Gasteiger partial charge >= 0.3 is 0 Å². The molecule has 1 unspecified atom stereocenters. The largest absolute Gasteiger partial charge is 0.443 e. The molecule has 1 aromatic carbocycles. The number of hydrogen-bond acceptors (Lipinski definition) is 4. The molecule has 30 heavy (non-hydrogen) atoms. The molecule has 1 atom stereocenters. The highest BCUT2D eigenvalue weighted by Crippen LogP contribution is 2.27. The normalized spacial score (nSPS) is 17.1. The predicted molar refractivity (Wildman–Crippen MR) is 126 cm³/mol. The number of halogens is 3. The van der Waals surface area contributed by atoms with E-state index in [0.717, 1.165) is 12.2 Å². The first kappa shape index (κ1) is 24.4. The summed E-state index contributed by atoms with van der Waals surface area (Å²) in [6, 6.07) is 3.98. The van der Waals surface area contributed by atoms with Crippen LogP contribution in [0.4, 0.5) is 14.5 Å². The highest BCUT2D eigenvalue weighted by Gasteiger charge is 2.27. The molecule has 1 aliphatic heterocycles. The van der Waals surface area contributed by atoms with Crippen LogP contribution in [0.5, 0.6) is 0 Å². The summed E-state index contributed by atoms with van der Waals surface area (Å²) in [4.78, 5) is 10.6. The molecule has 6 nitrogen and oxygen atoms in total. The second-order valence-corrected chi connectivity index (χ2v) is 8.21. The SMILES string of the molecule is CCNC(=NCc1ncc(C(C)(C)C)o1)NC1CCN(c2c(F)cccc2F)C1.I. The van der Waals surface area contributed by atoms with Crippen molar-refractivity contribution >= 4 is 35.6 Å². The first-order chi connectivity index (χ1) is 13.8. The van der Waals surface area contributed by atoms with E-state index >= 15 is 0 Å². The van der Waals surface area contributed by atoms with Gasteiger partial charge in [0.15, 0.2) is 5.96 Å². The van der Waals surface area contributed by atoms with E-state index in [-0.39, 0.29) is 41.1 Å². The summed E-state index contributed by atoms with van der Waals surface area (Å²) in [7, 11) is 0. The standard InChI is InChI=1S/C21H29F2N5O.HI/c1-5-24-20(26-12-18-25-11-17(29-18)21(2,3)4)27-14-9-10-28(13-14)19-15(22)7-6-8-16(19)23;/h6-8,11,14H,5,9-10,12-13H2,1-4H3,(H2,24,26,27);1H. The minimum atomic E-state index is -0.537. The molecule has 1 aromatic heterocycles. The van der Waals surface area contributed by atoms with Crippen LogP contribution in [0.1, 0.15) is 45.8 Å². The second kappa shape index (κ2) is 10.4. The van der Waals surface area contributed by atoms with E-state index in [9.17, 15) is 8.78 Å². The van der Waals surface area contributed by atoms with Crippen LogP contribution in [-0.4, -0.2) is 36.6 Å². The Bertz CT molecular complexity index is 845. The van der Waals surface area contributed by atoms with Crippen molar-refractivity contribution in [1.29, 1.82) is 0 Å². The average molecular weight is 533 g/mol. The van der Waals surface area contributed by atoms with Crippen molar-refractivity contribution in [1.82, 2.24) is 15.6 Å². The summed E-state index contributed by atoms with van der Waals surface area (Å²) < 4.78 is 33.9. The van der Waals surface area contributed by atoms with Gasteiger partial charge in [0.2, 0.25) is 5.89 Å². The van der Waals surface area contributed by atoms with Crippen molar-refractivity contribution in [3.63, 3.8) is 0 Å². The van der Waals surface area contributed by atoms with Gasteiger partial charge in [0.1, 0.15) is 29.6 Å². The third kappa shape index (κ3) is 6.05. The van der Waals surface area contributed by atoms with Gasteiger partial charge in [-0.15, -0.1) is 24.0 Å². The molecule has 0 saturated carbocycles. The van der Waals surface area contributed by atoms with Crippen molar-refractivity contribution in [2.75, 3.05) is 24.5 Å². The van der Waals surface area contributed by atoms with Crippen molar-refractivity contribution in [3.8, 4) is 0 Å². The second-order valence-electron chi connectivity index (χ2n) is 8.21. The van der Waals surface area contributed by atoms with Gasteiger partial charge in [-0.1, -0.05) is 26.8 Å². The highest BCUT2D eigenvalue weighted by atomic mass is 127. The molecule has 1 saturated heterocycles. The molecule has 9 heteroatoms. The third-order valence-corrected chi connectivity index (χ3v) is 4.79. The molecular weight excluding hydrogens is 503 g/mol. The third-order valence-electron chi connectivity index (χ3n) is 4.79. The number of hydrogen-bond donors (Lipinski definition) is 2. The molecule has 2 aromatic rings. The quantitative estimate of drug-likeness (QED) is 0.343. The summed E-state index contributed by atoms with van der Waals surface area (Å²) in [5.74, 6) is 0.922. The minimum absolute atomic E-state index is 0. The summed E-state index contributed by atoms with van der Waals surface area (Å²) in [5.41, 5.74) is -0.0688. The van der Waals surface area contributed by atoms with Crippen molar-refractivity contribution in [2.45, 2.75) is 52.1 Å². The maximum atomic E-state index is 14.1. The van der Waals surface area contributed by atoms with Gasteiger partial charge in [0.25, 0.3) is 0 Å². The van der Waals surface area contributed by atoms with Crippen LogP contribution in [0.3, 0.4) is 0 Å². The topological polar surface area (TPSA) is 65.7 Å². The van der Waals surface area contributed by atoms with Crippen LogP contribution in [0, 0.1) is 11.6 Å². The van der Waals surface area contributed by atoms with E-state index in [4.69, 9.17) is 4.42 Å². The zero-order valence-corrected chi connectivity index (χ0v) is 20.2.